The van der Waals surface area contributed by atoms with Gasteiger partial charge in [0.05, 0.1) is 19.3 Å². The standard InChI is InChI=1S/C17H26BNO2Si/c1-16(2)17(3,4)21-18(20-16)13-10-8-9-12-11-14(19-15(12)13)22(5,6)7/h8-11,19H,1-7H3. The predicted octanol–water partition coefficient (Wildman–Crippen LogP) is 3.01. The van der Waals surface area contributed by atoms with Crippen LogP contribution in [0.2, 0.25) is 19.6 Å². The number of aromatic nitrogens is 1. The van der Waals surface area contributed by atoms with E-state index in [0.717, 1.165) is 11.0 Å². The van der Waals surface area contributed by atoms with E-state index < -0.39 is 8.07 Å². The molecule has 3 rings (SSSR count). The third kappa shape index (κ3) is 2.45. The Hall–Kier alpha value is -1.04. The first-order valence-corrected chi connectivity index (χ1v) is 11.5. The lowest BCUT2D eigenvalue weighted by atomic mass is 9.78. The van der Waals surface area contributed by atoms with Gasteiger partial charge in [-0.25, -0.2) is 0 Å². The summed E-state index contributed by atoms with van der Waals surface area (Å²) in [4.78, 5) is 3.64. The molecular formula is C17H26BNO2Si. The van der Waals surface area contributed by atoms with Crippen molar-refractivity contribution in [1.29, 1.82) is 0 Å². The van der Waals surface area contributed by atoms with Crippen LogP contribution in [0.3, 0.4) is 0 Å². The first kappa shape index (κ1) is 15.8. The summed E-state index contributed by atoms with van der Waals surface area (Å²) in [5.41, 5.74) is 1.63. The molecule has 1 aromatic carbocycles. The molecule has 1 fully saturated rings. The van der Waals surface area contributed by atoms with Gasteiger partial charge in [-0.2, -0.15) is 0 Å². The number of benzene rings is 1. The summed E-state index contributed by atoms with van der Waals surface area (Å²) in [5.74, 6) is 0. The Bertz CT molecular complexity index is 699. The van der Waals surface area contributed by atoms with Crippen molar-refractivity contribution in [2.24, 2.45) is 0 Å². The van der Waals surface area contributed by atoms with Crippen molar-refractivity contribution in [2.75, 3.05) is 0 Å². The van der Waals surface area contributed by atoms with E-state index in [2.05, 4.69) is 76.6 Å². The number of hydrogen-bond donors (Lipinski definition) is 1. The number of nitrogens with one attached hydrogen (secondary N) is 1. The molecule has 118 valence electrons. The molecule has 0 atom stereocenters. The Morgan fingerprint density at radius 2 is 1.59 bits per heavy atom. The highest BCUT2D eigenvalue weighted by molar-refractivity contribution is 6.88. The van der Waals surface area contributed by atoms with E-state index in [9.17, 15) is 0 Å². The summed E-state index contributed by atoms with van der Waals surface area (Å²) >= 11 is 0. The second-order valence-corrected chi connectivity index (χ2v) is 13.4. The number of hydrogen-bond acceptors (Lipinski definition) is 2. The van der Waals surface area contributed by atoms with E-state index in [4.69, 9.17) is 9.31 Å². The molecule has 0 bridgehead atoms. The van der Waals surface area contributed by atoms with Gasteiger partial charge < -0.3 is 14.3 Å². The van der Waals surface area contributed by atoms with Gasteiger partial charge in [0.2, 0.25) is 0 Å². The molecule has 2 aromatic rings. The molecule has 0 saturated carbocycles. The normalized spacial score (nSPS) is 20.8. The fraction of sp³-hybridized carbons (Fsp3) is 0.529. The van der Waals surface area contributed by atoms with E-state index in [1.807, 2.05) is 0 Å². The monoisotopic (exact) mass is 315 g/mol. The van der Waals surface area contributed by atoms with Gasteiger partial charge in [0.15, 0.2) is 0 Å². The van der Waals surface area contributed by atoms with Crippen LogP contribution < -0.4 is 10.8 Å². The fourth-order valence-corrected chi connectivity index (χ4v) is 3.84. The van der Waals surface area contributed by atoms with Crippen LogP contribution in [0.1, 0.15) is 27.7 Å². The zero-order valence-electron chi connectivity index (χ0n) is 14.7. The lowest BCUT2D eigenvalue weighted by molar-refractivity contribution is 0.00578. The Balaban J connectivity index is 2.07. The minimum absolute atomic E-state index is 0.311. The topological polar surface area (TPSA) is 34.2 Å². The number of fused-ring (bicyclic) bond motifs is 1. The van der Waals surface area contributed by atoms with Crippen molar-refractivity contribution >= 4 is 36.9 Å². The number of H-pyrrole nitrogens is 1. The fourth-order valence-electron chi connectivity index (χ4n) is 2.75. The van der Waals surface area contributed by atoms with Crippen molar-refractivity contribution in [2.45, 2.75) is 58.5 Å². The zero-order valence-corrected chi connectivity index (χ0v) is 15.7. The minimum Gasteiger partial charge on any atom is -0.399 e. The van der Waals surface area contributed by atoms with E-state index in [-0.39, 0.29) is 18.3 Å². The van der Waals surface area contributed by atoms with Crippen LogP contribution >= 0.6 is 0 Å². The molecule has 0 radical (unpaired) electrons. The molecule has 0 amide bonds. The van der Waals surface area contributed by atoms with E-state index in [1.54, 1.807) is 0 Å². The highest BCUT2D eigenvalue weighted by atomic mass is 28.3. The Morgan fingerprint density at radius 3 is 2.14 bits per heavy atom. The van der Waals surface area contributed by atoms with Gasteiger partial charge in [-0.15, -0.1) is 0 Å². The third-order valence-corrected chi connectivity index (χ3v) is 6.89. The number of rotatable bonds is 2. The van der Waals surface area contributed by atoms with Crippen molar-refractivity contribution in [1.82, 2.24) is 4.98 Å². The predicted molar refractivity (Wildman–Crippen MR) is 97.0 cm³/mol. The van der Waals surface area contributed by atoms with Crippen LogP contribution in [0, 0.1) is 0 Å². The van der Waals surface area contributed by atoms with Crippen molar-refractivity contribution in [3.05, 3.63) is 24.3 Å². The van der Waals surface area contributed by atoms with Gasteiger partial charge in [-0.1, -0.05) is 37.8 Å². The average Bonchev–Trinajstić information content (AvgIpc) is 2.88. The van der Waals surface area contributed by atoms with Gasteiger partial charge in [0, 0.05) is 11.0 Å². The van der Waals surface area contributed by atoms with Crippen molar-refractivity contribution < 1.29 is 9.31 Å². The molecule has 1 saturated heterocycles. The molecule has 1 aliphatic rings. The van der Waals surface area contributed by atoms with Crippen LogP contribution in [0.15, 0.2) is 24.3 Å². The third-order valence-electron chi connectivity index (χ3n) is 5.00. The molecule has 0 aliphatic carbocycles. The first-order chi connectivity index (χ1) is 10.0. The summed E-state index contributed by atoms with van der Waals surface area (Å²) in [5, 5.41) is 2.61. The Kier molecular flexibility index (Phi) is 3.40. The smallest absolute Gasteiger partial charge is 0.399 e. The number of para-hydroxylation sites is 1. The van der Waals surface area contributed by atoms with E-state index in [0.29, 0.717) is 0 Å². The minimum atomic E-state index is -1.37. The van der Waals surface area contributed by atoms with Crippen LogP contribution in [-0.4, -0.2) is 31.4 Å². The van der Waals surface area contributed by atoms with Crippen molar-refractivity contribution in [3.63, 3.8) is 0 Å². The summed E-state index contributed by atoms with van der Waals surface area (Å²) in [6.07, 6.45) is 0. The molecule has 0 spiro atoms. The van der Waals surface area contributed by atoms with Gasteiger partial charge in [0.1, 0.15) is 0 Å². The molecular weight excluding hydrogens is 289 g/mol. The average molecular weight is 315 g/mol. The highest BCUT2D eigenvalue weighted by Crippen LogP contribution is 2.36. The summed E-state index contributed by atoms with van der Waals surface area (Å²) in [6, 6.07) is 8.64. The zero-order chi connectivity index (χ0) is 16.3. The molecule has 5 heteroatoms. The Labute approximate surface area is 134 Å². The van der Waals surface area contributed by atoms with Crippen LogP contribution in [-0.2, 0) is 9.31 Å². The number of aromatic amines is 1. The maximum absolute atomic E-state index is 6.22. The summed E-state index contributed by atoms with van der Waals surface area (Å²) < 4.78 is 12.4. The van der Waals surface area contributed by atoms with Crippen LogP contribution in [0.4, 0.5) is 0 Å². The molecule has 1 aromatic heterocycles. The Morgan fingerprint density at radius 1 is 1.00 bits per heavy atom. The largest absolute Gasteiger partial charge is 0.497 e. The second kappa shape index (κ2) is 4.73. The maximum atomic E-state index is 6.22. The van der Waals surface area contributed by atoms with Gasteiger partial charge in [-0.05, 0) is 44.5 Å². The first-order valence-electron chi connectivity index (χ1n) is 7.99. The molecule has 2 heterocycles. The summed E-state index contributed by atoms with van der Waals surface area (Å²) in [7, 11) is -1.69. The lowest BCUT2D eigenvalue weighted by Gasteiger charge is -2.32. The summed E-state index contributed by atoms with van der Waals surface area (Å²) in [6.45, 7) is 15.4. The second-order valence-electron chi connectivity index (χ2n) is 8.33. The molecule has 22 heavy (non-hydrogen) atoms. The SMILES string of the molecule is CC1(C)OB(c2cccc3cc([Si](C)(C)C)[nH]c23)OC1(C)C. The highest BCUT2D eigenvalue weighted by Gasteiger charge is 2.52. The van der Waals surface area contributed by atoms with Crippen LogP contribution in [0.5, 0.6) is 0 Å². The molecule has 3 nitrogen and oxygen atoms in total. The maximum Gasteiger partial charge on any atom is 0.497 e. The van der Waals surface area contributed by atoms with Gasteiger partial charge in [0.25, 0.3) is 0 Å². The van der Waals surface area contributed by atoms with Gasteiger partial charge in [-0.3, -0.25) is 0 Å². The van der Waals surface area contributed by atoms with Crippen LogP contribution in [0.25, 0.3) is 10.9 Å². The molecule has 1 aliphatic heterocycles. The van der Waals surface area contributed by atoms with Gasteiger partial charge >= 0.3 is 7.12 Å². The van der Waals surface area contributed by atoms with E-state index in [1.165, 1.54) is 10.7 Å². The lowest BCUT2D eigenvalue weighted by Crippen LogP contribution is -2.41. The quantitative estimate of drug-likeness (QED) is 0.865. The van der Waals surface area contributed by atoms with Crippen molar-refractivity contribution in [3.8, 4) is 0 Å². The molecule has 0 unspecified atom stereocenters. The molecule has 1 N–H and O–H groups in total. The van der Waals surface area contributed by atoms with E-state index >= 15 is 0 Å².